The molecule has 0 N–H and O–H groups in total. The number of benzene rings is 1. The van der Waals surface area contributed by atoms with Crippen LogP contribution in [0.5, 0.6) is 5.75 Å². The molecule has 0 spiro atoms. The quantitative estimate of drug-likeness (QED) is 0.565. The summed E-state index contributed by atoms with van der Waals surface area (Å²) in [6.45, 7) is 18.5. The molecule has 0 bridgehead atoms. The highest BCUT2D eigenvalue weighted by Crippen LogP contribution is 2.44. The molecule has 1 aliphatic rings. The molecular formula is C23H36OSi. The Morgan fingerprint density at radius 1 is 1.04 bits per heavy atom. The summed E-state index contributed by atoms with van der Waals surface area (Å²) < 4.78 is 6.08. The molecule has 0 heterocycles. The Labute approximate surface area is 156 Å². The van der Waals surface area contributed by atoms with E-state index < -0.39 is 8.07 Å². The van der Waals surface area contributed by atoms with Crippen LogP contribution in [-0.4, -0.2) is 15.2 Å². The molecule has 1 aromatic rings. The maximum Gasteiger partial charge on any atom is 0.121 e. The van der Waals surface area contributed by atoms with Crippen LogP contribution < -0.4 is 9.92 Å². The smallest absolute Gasteiger partial charge is 0.121 e. The molecule has 0 saturated heterocycles. The molecular weight excluding hydrogens is 320 g/mol. The van der Waals surface area contributed by atoms with Gasteiger partial charge < -0.3 is 4.74 Å². The van der Waals surface area contributed by atoms with Crippen molar-refractivity contribution >= 4 is 13.3 Å². The molecule has 1 atom stereocenters. The number of ether oxygens (including phenoxy) is 1. The van der Waals surface area contributed by atoms with Crippen molar-refractivity contribution in [2.24, 2.45) is 0 Å². The van der Waals surface area contributed by atoms with Crippen molar-refractivity contribution in [1.82, 2.24) is 0 Å². The monoisotopic (exact) mass is 356 g/mol. The first-order chi connectivity index (χ1) is 11.6. The third-order valence-corrected chi connectivity index (χ3v) is 11.8. The van der Waals surface area contributed by atoms with E-state index in [1.165, 1.54) is 39.5 Å². The van der Waals surface area contributed by atoms with Gasteiger partial charge >= 0.3 is 0 Å². The molecule has 1 aromatic carbocycles. The van der Waals surface area contributed by atoms with Crippen molar-refractivity contribution in [3.05, 3.63) is 46.6 Å². The summed E-state index contributed by atoms with van der Waals surface area (Å²) in [7, 11) is 0.0853. The van der Waals surface area contributed by atoms with Crippen LogP contribution in [0.15, 0.2) is 35.4 Å². The van der Waals surface area contributed by atoms with Gasteiger partial charge in [-0.1, -0.05) is 87.7 Å². The lowest BCUT2D eigenvalue weighted by atomic mass is 9.85. The van der Waals surface area contributed by atoms with Gasteiger partial charge in [0.2, 0.25) is 0 Å². The van der Waals surface area contributed by atoms with E-state index in [0.717, 1.165) is 5.75 Å². The number of methoxy groups -OCH3 is 1. The van der Waals surface area contributed by atoms with Crippen molar-refractivity contribution in [2.45, 2.75) is 78.4 Å². The fourth-order valence-electron chi connectivity index (χ4n) is 4.64. The molecule has 1 aliphatic carbocycles. The van der Waals surface area contributed by atoms with Crippen LogP contribution in [0.2, 0.25) is 17.6 Å². The number of aryl methyl sites for hydroxylation is 1. The lowest BCUT2D eigenvalue weighted by molar-refractivity contribution is 0.400. The molecule has 1 nitrogen and oxygen atoms in total. The maximum absolute atomic E-state index is 6.08. The van der Waals surface area contributed by atoms with Crippen molar-refractivity contribution in [2.75, 3.05) is 7.11 Å². The summed E-state index contributed by atoms with van der Waals surface area (Å²) in [5.74, 6) is 1.15. The van der Waals surface area contributed by atoms with Gasteiger partial charge in [-0.3, -0.25) is 0 Å². The minimum absolute atomic E-state index is 0.0834. The van der Waals surface area contributed by atoms with E-state index >= 15 is 0 Å². The van der Waals surface area contributed by atoms with E-state index in [2.05, 4.69) is 79.7 Å². The van der Waals surface area contributed by atoms with Gasteiger partial charge in [0.1, 0.15) is 13.8 Å². The van der Waals surface area contributed by atoms with E-state index in [0.29, 0.717) is 5.54 Å². The third kappa shape index (κ3) is 3.51. The van der Waals surface area contributed by atoms with Gasteiger partial charge in [0.05, 0.1) is 7.11 Å². The number of rotatable bonds is 5. The second-order valence-electron chi connectivity index (χ2n) is 8.78. The van der Waals surface area contributed by atoms with Gasteiger partial charge in [0.25, 0.3) is 0 Å². The zero-order valence-electron chi connectivity index (χ0n) is 17.7. The summed E-state index contributed by atoms with van der Waals surface area (Å²) in [6, 6.07) is 7.24. The average molecular weight is 357 g/mol. The standard InChI is InChI=1S/C23H36OSi/c1-10-25(11-2,20-14-16(3)12-18(20)5)21-15-17(4)13-19(22(21)24-9)23(6,7)8/h12-15,20H,10-11H2,1-9H3. The highest BCUT2D eigenvalue weighted by Gasteiger charge is 2.43. The lowest BCUT2D eigenvalue weighted by Gasteiger charge is -2.39. The van der Waals surface area contributed by atoms with Gasteiger partial charge in [-0.2, -0.15) is 0 Å². The first kappa shape index (κ1) is 20.0. The van der Waals surface area contributed by atoms with Gasteiger partial charge in [-0.15, -0.1) is 0 Å². The van der Waals surface area contributed by atoms with Crippen LogP contribution in [0.4, 0.5) is 0 Å². The highest BCUT2D eigenvalue weighted by molar-refractivity contribution is 6.94. The van der Waals surface area contributed by atoms with Crippen LogP contribution in [0.25, 0.3) is 0 Å². The molecule has 0 fully saturated rings. The minimum Gasteiger partial charge on any atom is -0.497 e. The van der Waals surface area contributed by atoms with Crippen LogP contribution >= 0.6 is 0 Å². The van der Waals surface area contributed by atoms with E-state index in [1.54, 1.807) is 0 Å². The number of hydrogen-bond acceptors (Lipinski definition) is 1. The Hall–Kier alpha value is -1.28. The molecule has 0 saturated carbocycles. The molecule has 25 heavy (non-hydrogen) atoms. The van der Waals surface area contributed by atoms with Gasteiger partial charge in [-0.05, 0) is 42.5 Å². The zero-order chi connectivity index (χ0) is 19.0. The Balaban J connectivity index is 2.80. The summed E-state index contributed by atoms with van der Waals surface area (Å²) in [5.41, 5.74) is 6.34. The lowest BCUT2D eigenvalue weighted by Crippen LogP contribution is -2.51. The van der Waals surface area contributed by atoms with Crippen LogP contribution in [0.3, 0.4) is 0 Å². The summed E-state index contributed by atoms with van der Waals surface area (Å²) in [4.78, 5) is 0. The Morgan fingerprint density at radius 2 is 1.64 bits per heavy atom. The van der Waals surface area contributed by atoms with Crippen LogP contribution in [0.1, 0.15) is 59.6 Å². The first-order valence-electron chi connectivity index (χ1n) is 9.67. The summed E-state index contributed by atoms with van der Waals surface area (Å²) in [6.07, 6.45) is 4.90. The van der Waals surface area contributed by atoms with Crippen LogP contribution in [0, 0.1) is 6.92 Å². The summed E-state index contributed by atoms with van der Waals surface area (Å²) in [5, 5.41) is 1.52. The Kier molecular flexibility index (Phi) is 5.73. The van der Waals surface area contributed by atoms with Crippen molar-refractivity contribution in [3.8, 4) is 5.75 Å². The minimum atomic E-state index is -1.77. The third-order valence-electron chi connectivity index (χ3n) is 6.01. The molecule has 0 radical (unpaired) electrons. The molecule has 138 valence electrons. The Morgan fingerprint density at radius 3 is 2.04 bits per heavy atom. The predicted molar refractivity (Wildman–Crippen MR) is 114 cm³/mol. The van der Waals surface area contributed by atoms with E-state index in [-0.39, 0.29) is 5.41 Å². The van der Waals surface area contributed by atoms with Crippen LogP contribution in [-0.2, 0) is 5.41 Å². The van der Waals surface area contributed by atoms with Gasteiger partial charge in [-0.25, -0.2) is 0 Å². The maximum atomic E-state index is 6.08. The van der Waals surface area contributed by atoms with Crippen molar-refractivity contribution in [3.63, 3.8) is 0 Å². The second-order valence-corrected chi connectivity index (χ2v) is 13.7. The fourth-order valence-corrected chi connectivity index (χ4v) is 9.86. The molecule has 1 unspecified atom stereocenters. The number of allylic oxidation sites excluding steroid dienone is 4. The number of hydrogen-bond donors (Lipinski definition) is 0. The fraction of sp³-hybridized carbons (Fsp3) is 0.565. The van der Waals surface area contributed by atoms with E-state index in [4.69, 9.17) is 4.74 Å². The molecule has 0 aromatic heterocycles. The zero-order valence-corrected chi connectivity index (χ0v) is 18.7. The van der Waals surface area contributed by atoms with E-state index in [1.807, 2.05) is 7.11 Å². The normalized spacial score (nSPS) is 18.2. The molecule has 2 heteroatoms. The van der Waals surface area contributed by atoms with Crippen molar-refractivity contribution in [1.29, 1.82) is 0 Å². The largest absolute Gasteiger partial charge is 0.497 e. The Bertz CT molecular complexity index is 700. The van der Waals surface area contributed by atoms with Crippen molar-refractivity contribution < 1.29 is 4.74 Å². The predicted octanol–water partition coefficient (Wildman–Crippen LogP) is 6.27. The molecule has 2 rings (SSSR count). The SMILES string of the molecule is CC[Si](CC)(c1cc(C)cc(C(C)(C)C)c1OC)C1C=C(C)C=C1C. The first-order valence-corrected chi connectivity index (χ1v) is 12.2. The second kappa shape index (κ2) is 7.15. The summed E-state index contributed by atoms with van der Waals surface area (Å²) >= 11 is 0. The van der Waals surface area contributed by atoms with Gasteiger partial charge in [0.15, 0.2) is 0 Å². The topological polar surface area (TPSA) is 9.23 Å². The molecule has 0 aliphatic heterocycles. The average Bonchev–Trinajstić information content (AvgIpc) is 2.87. The highest BCUT2D eigenvalue weighted by atomic mass is 28.3. The van der Waals surface area contributed by atoms with Gasteiger partial charge in [0, 0.05) is 0 Å². The van der Waals surface area contributed by atoms with E-state index in [9.17, 15) is 0 Å². The molecule has 0 amide bonds.